The van der Waals surface area contributed by atoms with Crippen molar-refractivity contribution >= 4 is 33.5 Å². The van der Waals surface area contributed by atoms with Crippen LogP contribution >= 0.6 is 15.9 Å². The minimum Gasteiger partial charge on any atom is -0.478 e. The lowest BCUT2D eigenvalue weighted by atomic mass is 10.0. The van der Waals surface area contributed by atoms with Gasteiger partial charge in [-0.2, -0.15) is 0 Å². The molecular weight excluding hydrogens is 468 g/mol. The van der Waals surface area contributed by atoms with E-state index < -0.39 is 5.97 Å². The van der Waals surface area contributed by atoms with Crippen molar-refractivity contribution in [2.75, 3.05) is 29.9 Å². The Morgan fingerprint density at radius 2 is 2.03 bits per heavy atom. The van der Waals surface area contributed by atoms with Gasteiger partial charge in [0.25, 0.3) is 0 Å². The van der Waals surface area contributed by atoms with Gasteiger partial charge in [0.1, 0.15) is 0 Å². The van der Waals surface area contributed by atoms with Crippen molar-refractivity contribution in [1.29, 1.82) is 0 Å². The van der Waals surface area contributed by atoms with E-state index in [0.717, 1.165) is 42.5 Å². The first kappa shape index (κ1) is 22.3. The summed E-state index contributed by atoms with van der Waals surface area (Å²) in [6.45, 7) is 1.67. The molecule has 0 radical (unpaired) electrons. The number of carbonyl (C=O) groups is 1. The quantitative estimate of drug-likeness (QED) is 0.455. The lowest BCUT2D eigenvalue weighted by molar-refractivity contribution is 0.0694. The molecule has 0 amide bonds. The van der Waals surface area contributed by atoms with E-state index in [9.17, 15) is 9.90 Å². The Morgan fingerprint density at radius 3 is 2.78 bits per heavy atom. The Labute approximate surface area is 197 Å². The first-order valence-corrected chi connectivity index (χ1v) is 11.7. The molecule has 2 heterocycles. The van der Waals surface area contributed by atoms with Gasteiger partial charge in [0.05, 0.1) is 17.3 Å². The normalized spacial score (nSPS) is 15.7. The average Bonchev–Trinajstić information content (AvgIpc) is 3.29. The molecule has 0 bridgehead atoms. The number of aryl methyl sites for hydroxylation is 1. The number of carboxylic acid groups (broad SMARTS) is 1. The number of anilines is 2. The third-order valence-electron chi connectivity index (χ3n) is 5.93. The van der Waals surface area contributed by atoms with Crippen molar-refractivity contribution in [3.8, 4) is 0 Å². The van der Waals surface area contributed by atoms with E-state index >= 15 is 0 Å². The molecule has 0 unspecified atom stereocenters. The number of aromatic carboxylic acids is 1. The summed E-state index contributed by atoms with van der Waals surface area (Å²) in [7, 11) is 2.05. The van der Waals surface area contributed by atoms with Gasteiger partial charge in [0, 0.05) is 36.5 Å². The van der Waals surface area contributed by atoms with Crippen LogP contribution in [0.4, 0.5) is 11.6 Å². The molecule has 1 N–H and O–H groups in total. The largest absolute Gasteiger partial charge is 0.478 e. The number of halogens is 1. The number of carboxylic acids is 1. The van der Waals surface area contributed by atoms with Gasteiger partial charge in [-0.15, -0.1) is 0 Å². The third kappa shape index (κ3) is 5.10. The summed E-state index contributed by atoms with van der Waals surface area (Å²) < 4.78 is 1.05. The molecule has 1 aliphatic heterocycles. The second kappa shape index (κ2) is 10.1. The van der Waals surface area contributed by atoms with E-state index in [1.54, 1.807) is 0 Å². The van der Waals surface area contributed by atoms with Gasteiger partial charge < -0.3 is 14.9 Å². The molecule has 3 aromatic rings. The number of rotatable bonds is 8. The molecule has 2 aromatic carbocycles. The van der Waals surface area contributed by atoms with Gasteiger partial charge in [-0.1, -0.05) is 46.3 Å². The van der Waals surface area contributed by atoms with Crippen LogP contribution in [0.3, 0.4) is 0 Å². The molecule has 0 spiro atoms. The zero-order valence-electron chi connectivity index (χ0n) is 18.1. The van der Waals surface area contributed by atoms with E-state index in [1.165, 1.54) is 11.8 Å². The summed E-state index contributed by atoms with van der Waals surface area (Å²) in [5.74, 6) is -0.364. The van der Waals surface area contributed by atoms with E-state index in [0.29, 0.717) is 18.1 Å². The molecule has 0 saturated carbocycles. The van der Waals surface area contributed by atoms with Crippen molar-refractivity contribution in [1.82, 2.24) is 9.97 Å². The van der Waals surface area contributed by atoms with Gasteiger partial charge in [-0.05, 0) is 55.5 Å². The molecule has 0 aliphatic carbocycles. The van der Waals surface area contributed by atoms with Crippen LogP contribution in [-0.2, 0) is 6.42 Å². The maximum atomic E-state index is 11.8. The van der Waals surface area contributed by atoms with Crippen LogP contribution in [-0.4, -0.2) is 41.2 Å². The third-order valence-corrected chi connectivity index (χ3v) is 6.43. The predicted octanol–water partition coefficient (Wildman–Crippen LogP) is 5.35. The van der Waals surface area contributed by atoms with Crippen LogP contribution in [0.5, 0.6) is 0 Å². The fourth-order valence-corrected chi connectivity index (χ4v) is 4.69. The summed E-state index contributed by atoms with van der Waals surface area (Å²) >= 11 is 3.56. The lowest BCUT2D eigenvalue weighted by Crippen LogP contribution is -2.26. The molecular formula is C25H27BrN4O2. The van der Waals surface area contributed by atoms with Gasteiger partial charge >= 0.3 is 5.97 Å². The summed E-state index contributed by atoms with van der Waals surface area (Å²) in [4.78, 5) is 25.4. The molecule has 7 heteroatoms. The van der Waals surface area contributed by atoms with Crippen molar-refractivity contribution in [2.45, 2.75) is 31.7 Å². The van der Waals surface area contributed by atoms with Crippen molar-refractivity contribution in [3.63, 3.8) is 0 Å². The molecule has 1 saturated heterocycles. The SMILES string of the molecule is CN(CCCc1nc(N2CCC[C@@H]2c2cccc(Br)c2)ncc1C(=O)O)c1ccccc1. The molecule has 4 rings (SSSR count). The van der Waals surface area contributed by atoms with Gasteiger partial charge in [-0.25, -0.2) is 14.8 Å². The molecule has 1 atom stereocenters. The maximum Gasteiger partial charge on any atom is 0.339 e. The van der Waals surface area contributed by atoms with E-state index in [1.807, 2.05) is 37.4 Å². The highest BCUT2D eigenvalue weighted by Gasteiger charge is 2.29. The van der Waals surface area contributed by atoms with E-state index in [2.05, 4.69) is 55.0 Å². The van der Waals surface area contributed by atoms with Crippen LogP contribution in [0.2, 0.25) is 0 Å². The van der Waals surface area contributed by atoms with Crippen LogP contribution in [0.15, 0.2) is 65.3 Å². The molecule has 166 valence electrons. The van der Waals surface area contributed by atoms with Crippen LogP contribution in [0, 0.1) is 0 Å². The van der Waals surface area contributed by atoms with Gasteiger partial charge in [-0.3, -0.25) is 0 Å². The smallest absolute Gasteiger partial charge is 0.339 e. The van der Waals surface area contributed by atoms with Crippen LogP contribution in [0.1, 0.15) is 46.9 Å². The van der Waals surface area contributed by atoms with Crippen molar-refractivity contribution < 1.29 is 9.90 Å². The second-order valence-electron chi connectivity index (χ2n) is 8.10. The highest BCUT2D eigenvalue weighted by Crippen LogP contribution is 2.35. The number of benzene rings is 2. The maximum absolute atomic E-state index is 11.8. The van der Waals surface area contributed by atoms with E-state index in [-0.39, 0.29) is 11.6 Å². The number of aromatic nitrogens is 2. The summed E-state index contributed by atoms with van der Waals surface area (Å²) in [6.07, 6.45) is 4.94. The standard InChI is InChI=1S/C25H27BrN4O2/c1-29(20-10-3-2-4-11-20)14-6-12-22-21(24(31)32)17-27-25(28-22)30-15-7-13-23(30)18-8-5-9-19(26)16-18/h2-5,8-11,16-17,23H,6-7,12-15H2,1H3,(H,31,32)/t23-/m1/s1. The fraction of sp³-hybridized carbons (Fsp3) is 0.320. The highest BCUT2D eigenvalue weighted by atomic mass is 79.9. The lowest BCUT2D eigenvalue weighted by Gasteiger charge is -2.26. The molecule has 6 nitrogen and oxygen atoms in total. The number of hydrogen-bond acceptors (Lipinski definition) is 5. The summed E-state index contributed by atoms with van der Waals surface area (Å²) in [5, 5.41) is 9.66. The average molecular weight is 495 g/mol. The first-order valence-electron chi connectivity index (χ1n) is 10.9. The zero-order valence-corrected chi connectivity index (χ0v) is 19.7. The predicted molar refractivity (Wildman–Crippen MR) is 130 cm³/mol. The summed E-state index contributed by atoms with van der Waals surface area (Å²) in [6, 6.07) is 18.7. The van der Waals surface area contributed by atoms with Gasteiger partial charge in [0.15, 0.2) is 0 Å². The second-order valence-corrected chi connectivity index (χ2v) is 9.02. The highest BCUT2D eigenvalue weighted by molar-refractivity contribution is 9.10. The topological polar surface area (TPSA) is 69.6 Å². The Morgan fingerprint density at radius 1 is 1.22 bits per heavy atom. The summed E-state index contributed by atoms with van der Waals surface area (Å²) in [5.41, 5.74) is 3.15. The fourth-order valence-electron chi connectivity index (χ4n) is 4.28. The Bertz CT molecular complexity index is 1080. The number of para-hydroxylation sites is 1. The zero-order chi connectivity index (χ0) is 22.5. The first-order chi connectivity index (χ1) is 15.5. The van der Waals surface area contributed by atoms with E-state index in [4.69, 9.17) is 4.98 Å². The van der Waals surface area contributed by atoms with Crippen molar-refractivity contribution in [3.05, 3.63) is 82.1 Å². The minimum absolute atomic E-state index is 0.189. The monoisotopic (exact) mass is 494 g/mol. The molecule has 32 heavy (non-hydrogen) atoms. The Kier molecular flexibility index (Phi) is 7.05. The van der Waals surface area contributed by atoms with Gasteiger partial charge in [0.2, 0.25) is 5.95 Å². The Balaban J connectivity index is 1.52. The number of hydrogen-bond donors (Lipinski definition) is 1. The van der Waals surface area contributed by atoms with Crippen LogP contribution < -0.4 is 9.80 Å². The molecule has 1 aliphatic rings. The minimum atomic E-state index is -0.979. The number of nitrogens with zero attached hydrogens (tertiary/aromatic N) is 4. The van der Waals surface area contributed by atoms with Crippen molar-refractivity contribution in [2.24, 2.45) is 0 Å². The van der Waals surface area contributed by atoms with Crippen LogP contribution in [0.25, 0.3) is 0 Å². The molecule has 1 fully saturated rings. The molecule has 1 aromatic heterocycles. The Hall–Kier alpha value is -2.93.